The van der Waals surface area contributed by atoms with Crippen molar-refractivity contribution in [2.45, 2.75) is 46.1 Å². The van der Waals surface area contributed by atoms with Crippen LogP contribution in [0.25, 0.3) is 0 Å². The number of nitrogens with two attached hydrogens (primary N) is 1. The Morgan fingerprint density at radius 3 is 2.41 bits per heavy atom. The molecule has 1 heterocycles. The molecule has 1 aromatic rings. The Morgan fingerprint density at radius 1 is 1.27 bits per heavy atom. The van der Waals surface area contributed by atoms with E-state index in [9.17, 15) is 4.79 Å². The first kappa shape index (κ1) is 17.0. The summed E-state index contributed by atoms with van der Waals surface area (Å²) in [5, 5.41) is 3.15. The maximum Gasteiger partial charge on any atom is 0.227 e. The SMILES string of the molecule is Cc1cc(C)cc(CC(C)NC(=O)C2(CN)CCOCC2)c1. The Balaban J connectivity index is 1.98. The Kier molecular flexibility index (Phi) is 5.59. The quantitative estimate of drug-likeness (QED) is 0.875. The fourth-order valence-corrected chi connectivity index (χ4v) is 3.25. The molecule has 1 amide bonds. The van der Waals surface area contributed by atoms with Crippen LogP contribution in [0.2, 0.25) is 0 Å². The maximum atomic E-state index is 12.6. The highest BCUT2D eigenvalue weighted by atomic mass is 16.5. The zero-order valence-electron chi connectivity index (χ0n) is 13.9. The summed E-state index contributed by atoms with van der Waals surface area (Å²) < 4.78 is 5.37. The second-order valence-electron chi connectivity index (χ2n) is 6.67. The molecule has 122 valence electrons. The first-order valence-corrected chi connectivity index (χ1v) is 8.11. The average molecular weight is 304 g/mol. The van der Waals surface area contributed by atoms with Gasteiger partial charge in [-0.1, -0.05) is 29.3 Å². The Bertz CT molecular complexity index is 502. The van der Waals surface area contributed by atoms with Gasteiger partial charge in [-0.15, -0.1) is 0 Å². The number of benzene rings is 1. The predicted octanol–water partition coefficient (Wildman–Crippen LogP) is 2.11. The van der Waals surface area contributed by atoms with Gasteiger partial charge in [-0.05, 0) is 45.6 Å². The third-order valence-corrected chi connectivity index (χ3v) is 4.52. The predicted molar refractivity (Wildman–Crippen MR) is 88.8 cm³/mol. The summed E-state index contributed by atoms with van der Waals surface area (Å²) in [7, 11) is 0. The van der Waals surface area contributed by atoms with Crippen molar-refractivity contribution in [3.8, 4) is 0 Å². The first-order chi connectivity index (χ1) is 10.4. The van der Waals surface area contributed by atoms with Crippen LogP contribution in [0.1, 0.15) is 36.5 Å². The van der Waals surface area contributed by atoms with Crippen LogP contribution >= 0.6 is 0 Å². The molecule has 4 heteroatoms. The van der Waals surface area contributed by atoms with Gasteiger partial charge < -0.3 is 15.8 Å². The van der Waals surface area contributed by atoms with E-state index in [4.69, 9.17) is 10.5 Å². The second-order valence-corrected chi connectivity index (χ2v) is 6.67. The molecule has 1 saturated heterocycles. The first-order valence-electron chi connectivity index (χ1n) is 8.11. The van der Waals surface area contributed by atoms with E-state index in [1.54, 1.807) is 0 Å². The summed E-state index contributed by atoms with van der Waals surface area (Å²) in [5.74, 6) is 0.0789. The molecule has 1 unspecified atom stereocenters. The van der Waals surface area contributed by atoms with Crippen molar-refractivity contribution in [1.29, 1.82) is 0 Å². The number of carbonyl (C=O) groups is 1. The minimum Gasteiger partial charge on any atom is -0.381 e. The van der Waals surface area contributed by atoms with Crippen molar-refractivity contribution in [3.05, 3.63) is 34.9 Å². The van der Waals surface area contributed by atoms with Gasteiger partial charge in [0, 0.05) is 25.8 Å². The topological polar surface area (TPSA) is 64.4 Å². The van der Waals surface area contributed by atoms with Gasteiger partial charge in [0.15, 0.2) is 0 Å². The van der Waals surface area contributed by atoms with E-state index in [1.807, 2.05) is 0 Å². The van der Waals surface area contributed by atoms with Crippen LogP contribution < -0.4 is 11.1 Å². The smallest absolute Gasteiger partial charge is 0.227 e. The summed E-state index contributed by atoms with van der Waals surface area (Å²) >= 11 is 0. The molecule has 0 saturated carbocycles. The number of carbonyl (C=O) groups excluding carboxylic acids is 1. The number of ether oxygens (including phenoxy) is 1. The third-order valence-electron chi connectivity index (χ3n) is 4.52. The van der Waals surface area contributed by atoms with E-state index in [0.717, 1.165) is 6.42 Å². The van der Waals surface area contributed by atoms with E-state index in [1.165, 1.54) is 16.7 Å². The molecule has 1 aliphatic rings. The highest BCUT2D eigenvalue weighted by Gasteiger charge is 2.39. The Labute approximate surface area is 133 Å². The fraction of sp³-hybridized carbons (Fsp3) is 0.611. The van der Waals surface area contributed by atoms with Crippen molar-refractivity contribution in [3.63, 3.8) is 0 Å². The van der Waals surface area contributed by atoms with Gasteiger partial charge in [0.25, 0.3) is 0 Å². The third kappa shape index (κ3) is 4.08. The highest BCUT2D eigenvalue weighted by Crippen LogP contribution is 2.29. The van der Waals surface area contributed by atoms with Gasteiger partial charge in [0.2, 0.25) is 5.91 Å². The molecular formula is C18H28N2O2. The molecule has 2 rings (SSSR count). The minimum absolute atomic E-state index is 0.0789. The van der Waals surface area contributed by atoms with Crippen molar-refractivity contribution in [2.75, 3.05) is 19.8 Å². The molecule has 0 radical (unpaired) electrons. The number of hydrogen-bond acceptors (Lipinski definition) is 3. The second kappa shape index (κ2) is 7.25. The normalized spacial score (nSPS) is 18.7. The summed E-state index contributed by atoms with van der Waals surface area (Å²) in [6, 6.07) is 6.63. The van der Waals surface area contributed by atoms with E-state index in [-0.39, 0.29) is 11.9 Å². The van der Waals surface area contributed by atoms with E-state index in [2.05, 4.69) is 44.3 Å². The number of hydrogen-bond donors (Lipinski definition) is 2. The van der Waals surface area contributed by atoms with E-state index >= 15 is 0 Å². The Hall–Kier alpha value is -1.39. The van der Waals surface area contributed by atoms with Gasteiger partial charge >= 0.3 is 0 Å². The molecule has 0 aromatic heterocycles. The van der Waals surface area contributed by atoms with Gasteiger partial charge in [-0.25, -0.2) is 0 Å². The fourth-order valence-electron chi connectivity index (χ4n) is 3.25. The molecule has 0 spiro atoms. The van der Waals surface area contributed by atoms with E-state index < -0.39 is 5.41 Å². The maximum absolute atomic E-state index is 12.6. The van der Waals surface area contributed by atoms with Crippen LogP contribution in [0.15, 0.2) is 18.2 Å². The molecular weight excluding hydrogens is 276 g/mol. The van der Waals surface area contributed by atoms with Crippen molar-refractivity contribution in [2.24, 2.45) is 11.1 Å². The number of aryl methyl sites for hydroxylation is 2. The lowest BCUT2D eigenvalue weighted by Gasteiger charge is -2.35. The van der Waals surface area contributed by atoms with Crippen LogP contribution in [-0.4, -0.2) is 31.7 Å². The van der Waals surface area contributed by atoms with Crippen LogP contribution in [0.3, 0.4) is 0 Å². The molecule has 22 heavy (non-hydrogen) atoms. The number of amides is 1. The number of rotatable bonds is 5. The average Bonchev–Trinajstić information content (AvgIpc) is 2.46. The van der Waals surface area contributed by atoms with Crippen LogP contribution in [0.5, 0.6) is 0 Å². The minimum atomic E-state index is -0.449. The van der Waals surface area contributed by atoms with Crippen molar-refractivity contribution < 1.29 is 9.53 Å². The summed E-state index contributed by atoms with van der Waals surface area (Å²) in [4.78, 5) is 12.6. The number of nitrogens with one attached hydrogen (secondary N) is 1. The molecule has 1 atom stereocenters. The lowest BCUT2D eigenvalue weighted by molar-refractivity contribution is -0.136. The van der Waals surface area contributed by atoms with Crippen molar-refractivity contribution >= 4 is 5.91 Å². The molecule has 4 nitrogen and oxygen atoms in total. The van der Waals surface area contributed by atoms with Crippen molar-refractivity contribution in [1.82, 2.24) is 5.32 Å². The molecule has 1 fully saturated rings. The molecule has 3 N–H and O–H groups in total. The summed E-state index contributed by atoms with van der Waals surface area (Å²) in [6.07, 6.45) is 2.27. The van der Waals surface area contributed by atoms with Gasteiger partial charge in [-0.3, -0.25) is 4.79 Å². The van der Waals surface area contributed by atoms with E-state index in [0.29, 0.717) is 32.6 Å². The molecule has 0 aliphatic carbocycles. The lowest BCUT2D eigenvalue weighted by Crippen LogP contribution is -2.51. The largest absolute Gasteiger partial charge is 0.381 e. The molecule has 1 aromatic carbocycles. The monoisotopic (exact) mass is 304 g/mol. The highest BCUT2D eigenvalue weighted by molar-refractivity contribution is 5.83. The molecule has 1 aliphatic heterocycles. The zero-order chi connectivity index (χ0) is 16.2. The van der Waals surface area contributed by atoms with Crippen LogP contribution in [-0.2, 0) is 16.0 Å². The summed E-state index contributed by atoms with van der Waals surface area (Å²) in [6.45, 7) is 7.89. The van der Waals surface area contributed by atoms with Gasteiger partial charge in [0.1, 0.15) is 0 Å². The van der Waals surface area contributed by atoms with Crippen LogP contribution in [0, 0.1) is 19.3 Å². The summed E-state index contributed by atoms with van der Waals surface area (Å²) in [5.41, 5.74) is 9.23. The molecule has 0 bridgehead atoms. The lowest BCUT2D eigenvalue weighted by atomic mass is 9.79. The zero-order valence-corrected chi connectivity index (χ0v) is 13.9. The van der Waals surface area contributed by atoms with Gasteiger partial charge in [0.05, 0.1) is 5.41 Å². The van der Waals surface area contributed by atoms with Crippen LogP contribution in [0.4, 0.5) is 0 Å². The Morgan fingerprint density at radius 2 is 1.86 bits per heavy atom. The van der Waals surface area contributed by atoms with Gasteiger partial charge in [-0.2, -0.15) is 0 Å². The standard InChI is InChI=1S/C18H28N2O2/c1-13-8-14(2)10-16(9-13)11-15(3)20-17(21)18(12-19)4-6-22-7-5-18/h8-10,15H,4-7,11-12,19H2,1-3H3,(H,20,21).